The minimum atomic E-state index is -2.83. The number of anilines is 2. The molecule has 0 spiro atoms. The summed E-state index contributed by atoms with van der Waals surface area (Å²) in [5, 5.41) is 12.1. The molecule has 1 amide bonds. The molecule has 43 heavy (non-hydrogen) atoms. The number of nitrogens with one attached hydrogen (secondary N) is 1. The number of carbonyl (C=O) groups is 1. The van der Waals surface area contributed by atoms with Crippen LogP contribution in [0.2, 0.25) is 0 Å². The second kappa shape index (κ2) is 11.2. The molecule has 1 saturated carbocycles. The van der Waals surface area contributed by atoms with Crippen molar-refractivity contribution >= 4 is 23.1 Å². The van der Waals surface area contributed by atoms with Gasteiger partial charge in [-0.2, -0.15) is 5.10 Å². The number of hydrogen-bond acceptors (Lipinski definition) is 5. The molecule has 1 aliphatic carbocycles. The lowest BCUT2D eigenvalue weighted by Gasteiger charge is -2.29. The zero-order chi connectivity index (χ0) is 30.6. The van der Waals surface area contributed by atoms with Crippen molar-refractivity contribution in [2.45, 2.75) is 72.9 Å². The number of carbonyl (C=O) groups excluding carboxylic acids is 1. The van der Waals surface area contributed by atoms with Crippen molar-refractivity contribution in [3.8, 4) is 11.1 Å². The van der Waals surface area contributed by atoms with Gasteiger partial charge in [-0.15, -0.1) is 5.10 Å². The molecule has 2 aliphatic heterocycles. The standard InChI is InChI=1S/C32H39F3N6O2/c1-18(2)40-16-19(15-36-40)21-13-26(33)27(14-22(21)29(34)35)37-30-24-17-39(31(42)23-12-25(23)32(3,4)5)9-6-28(24)41(38-30)20-7-10-43-11-8-20/h7,13-16,18,23,25,29H,6,8-12,17H2,1-5H3,(H,37,38). The third kappa shape index (κ3) is 5.71. The predicted octanol–water partition coefficient (Wildman–Crippen LogP) is 6.98. The Balaban J connectivity index is 1.35. The number of halogens is 3. The molecule has 2 atom stereocenters. The number of amides is 1. The van der Waals surface area contributed by atoms with Gasteiger partial charge in [-0.05, 0) is 55.4 Å². The second-order valence-electron chi connectivity index (χ2n) is 13.2. The molecule has 8 nitrogen and oxygen atoms in total. The highest BCUT2D eigenvalue weighted by Gasteiger charge is 2.51. The summed E-state index contributed by atoms with van der Waals surface area (Å²) in [7, 11) is 0. The molecule has 1 N–H and O–H groups in total. The zero-order valence-corrected chi connectivity index (χ0v) is 25.3. The van der Waals surface area contributed by atoms with Crippen molar-refractivity contribution in [3.63, 3.8) is 0 Å². The second-order valence-corrected chi connectivity index (χ2v) is 13.2. The molecular weight excluding hydrogens is 557 g/mol. The SMILES string of the molecule is CC(C)n1cc(-c2cc(F)c(Nc3nn(C4=CCOCC4)c4c3CN(C(=O)C3CC3C(C)(C)C)CC4)cc2C(F)F)cn1. The third-order valence-corrected chi connectivity index (χ3v) is 8.87. The van der Waals surface area contributed by atoms with E-state index >= 15 is 4.39 Å². The van der Waals surface area contributed by atoms with Gasteiger partial charge in [0.15, 0.2) is 5.82 Å². The van der Waals surface area contributed by atoms with Crippen molar-refractivity contribution in [2.75, 3.05) is 25.1 Å². The Kier molecular flexibility index (Phi) is 7.64. The average Bonchev–Trinajstić information content (AvgIpc) is 3.51. The lowest BCUT2D eigenvalue weighted by molar-refractivity contribution is -0.134. The van der Waals surface area contributed by atoms with Crippen molar-refractivity contribution in [1.29, 1.82) is 0 Å². The average molecular weight is 597 g/mol. The highest BCUT2D eigenvalue weighted by molar-refractivity contribution is 5.82. The molecule has 3 aliphatic rings. The van der Waals surface area contributed by atoms with E-state index < -0.39 is 12.2 Å². The fourth-order valence-electron chi connectivity index (χ4n) is 6.32. The predicted molar refractivity (Wildman–Crippen MR) is 158 cm³/mol. The molecule has 230 valence electrons. The zero-order valence-electron chi connectivity index (χ0n) is 25.3. The summed E-state index contributed by atoms with van der Waals surface area (Å²) in [6, 6.07) is 2.32. The van der Waals surface area contributed by atoms with Gasteiger partial charge in [-0.3, -0.25) is 9.48 Å². The first-order chi connectivity index (χ1) is 20.4. The Hall–Kier alpha value is -3.60. The summed E-state index contributed by atoms with van der Waals surface area (Å²) in [5.41, 5.74) is 2.87. The van der Waals surface area contributed by atoms with Crippen LogP contribution in [0.15, 0.2) is 30.6 Å². The van der Waals surface area contributed by atoms with E-state index in [1.807, 2.05) is 29.5 Å². The number of alkyl halides is 2. The van der Waals surface area contributed by atoms with Gasteiger partial charge in [0.05, 0.1) is 37.3 Å². The van der Waals surface area contributed by atoms with Gasteiger partial charge in [0.2, 0.25) is 5.91 Å². The summed E-state index contributed by atoms with van der Waals surface area (Å²) in [6.07, 6.45) is 4.39. The molecule has 11 heteroatoms. The van der Waals surface area contributed by atoms with Gasteiger partial charge in [0.25, 0.3) is 6.43 Å². The van der Waals surface area contributed by atoms with Crippen LogP contribution in [0.5, 0.6) is 0 Å². The smallest absolute Gasteiger partial charge is 0.264 e. The number of nitrogens with zero attached hydrogens (tertiary/aromatic N) is 5. The minimum absolute atomic E-state index is 0.00449. The van der Waals surface area contributed by atoms with E-state index in [9.17, 15) is 13.6 Å². The molecule has 3 aromatic rings. The van der Waals surface area contributed by atoms with Crippen LogP contribution in [-0.2, 0) is 22.5 Å². The maximum Gasteiger partial charge on any atom is 0.264 e. The highest BCUT2D eigenvalue weighted by atomic mass is 19.3. The van der Waals surface area contributed by atoms with E-state index in [1.54, 1.807) is 10.9 Å². The lowest BCUT2D eigenvalue weighted by atomic mass is 9.88. The van der Waals surface area contributed by atoms with E-state index in [1.165, 1.54) is 6.20 Å². The van der Waals surface area contributed by atoms with Gasteiger partial charge in [0, 0.05) is 59.9 Å². The number of aromatic nitrogens is 4. The van der Waals surface area contributed by atoms with Gasteiger partial charge < -0.3 is 15.0 Å². The van der Waals surface area contributed by atoms with Crippen LogP contribution in [0.25, 0.3) is 16.8 Å². The van der Waals surface area contributed by atoms with Crippen molar-refractivity contribution in [1.82, 2.24) is 24.5 Å². The monoisotopic (exact) mass is 596 g/mol. The van der Waals surface area contributed by atoms with Crippen LogP contribution in [-0.4, -0.2) is 50.1 Å². The molecule has 1 fully saturated rings. The van der Waals surface area contributed by atoms with Gasteiger partial charge >= 0.3 is 0 Å². The van der Waals surface area contributed by atoms with E-state index in [0.29, 0.717) is 56.4 Å². The molecule has 2 unspecified atom stereocenters. The fraction of sp³-hybridized carbons (Fsp3) is 0.531. The quantitative estimate of drug-likeness (QED) is 0.319. The Morgan fingerprint density at radius 1 is 1.19 bits per heavy atom. The summed E-state index contributed by atoms with van der Waals surface area (Å²) in [6.45, 7) is 12.3. The molecule has 1 aromatic carbocycles. The molecule has 0 saturated heterocycles. The molecular formula is C32H39F3N6O2. The fourth-order valence-corrected chi connectivity index (χ4v) is 6.32. The summed E-state index contributed by atoms with van der Waals surface area (Å²) in [4.78, 5) is 15.4. The number of hydrogen-bond donors (Lipinski definition) is 1. The number of rotatable bonds is 7. The van der Waals surface area contributed by atoms with E-state index in [0.717, 1.165) is 35.5 Å². The van der Waals surface area contributed by atoms with Crippen LogP contribution < -0.4 is 5.32 Å². The maximum absolute atomic E-state index is 15.6. The summed E-state index contributed by atoms with van der Waals surface area (Å²) < 4.78 is 53.3. The normalized spacial score (nSPS) is 20.4. The topological polar surface area (TPSA) is 77.2 Å². The Labute approximate surface area is 249 Å². The first-order valence-electron chi connectivity index (χ1n) is 15.0. The third-order valence-electron chi connectivity index (χ3n) is 8.87. The maximum atomic E-state index is 15.6. The number of ether oxygens (including phenoxy) is 1. The van der Waals surface area contributed by atoms with E-state index in [4.69, 9.17) is 9.84 Å². The number of fused-ring (bicyclic) bond motifs is 1. The van der Waals surface area contributed by atoms with Crippen LogP contribution in [0, 0.1) is 23.1 Å². The van der Waals surface area contributed by atoms with E-state index in [-0.39, 0.29) is 40.1 Å². The van der Waals surface area contributed by atoms with Crippen molar-refractivity contribution < 1.29 is 22.7 Å². The molecule has 6 rings (SSSR count). The molecule has 2 aromatic heterocycles. The number of benzene rings is 1. The Morgan fingerprint density at radius 3 is 2.60 bits per heavy atom. The lowest BCUT2D eigenvalue weighted by Crippen LogP contribution is -2.38. The first kappa shape index (κ1) is 29.5. The Morgan fingerprint density at radius 2 is 1.98 bits per heavy atom. The van der Waals surface area contributed by atoms with Crippen LogP contribution in [0.4, 0.5) is 24.7 Å². The van der Waals surface area contributed by atoms with Crippen LogP contribution in [0.3, 0.4) is 0 Å². The molecule has 0 bridgehead atoms. The van der Waals surface area contributed by atoms with Gasteiger partial charge in [-0.1, -0.05) is 20.8 Å². The molecule has 0 radical (unpaired) electrons. The largest absolute Gasteiger partial charge is 0.377 e. The van der Waals surface area contributed by atoms with Gasteiger partial charge in [0.1, 0.15) is 5.82 Å². The van der Waals surface area contributed by atoms with Crippen LogP contribution >= 0.6 is 0 Å². The van der Waals surface area contributed by atoms with Crippen LogP contribution in [0.1, 0.15) is 76.7 Å². The Bertz CT molecular complexity index is 1570. The minimum Gasteiger partial charge on any atom is -0.377 e. The van der Waals surface area contributed by atoms with Crippen molar-refractivity contribution in [2.24, 2.45) is 17.3 Å². The molecule has 4 heterocycles. The summed E-state index contributed by atoms with van der Waals surface area (Å²) >= 11 is 0. The van der Waals surface area contributed by atoms with E-state index in [2.05, 4.69) is 31.2 Å². The summed E-state index contributed by atoms with van der Waals surface area (Å²) in [5.74, 6) is 0.168. The highest BCUT2D eigenvalue weighted by Crippen LogP contribution is 2.52. The first-order valence-corrected chi connectivity index (χ1v) is 15.0. The van der Waals surface area contributed by atoms with Crippen molar-refractivity contribution in [3.05, 3.63) is 53.2 Å². The van der Waals surface area contributed by atoms with Gasteiger partial charge in [-0.25, -0.2) is 17.9 Å².